The first-order chi connectivity index (χ1) is 15.6. The van der Waals surface area contributed by atoms with Crippen LogP contribution in [0.25, 0.3) is 10.9 Å². The molecule has 2 aromatic carbocycles. The van der Waals surface area contributed by atoms with Crippen LogP contribution in [0.5, 0.6) is 11.5 Å². The zero-order valence-electron chi connectivity index (χ0n) is 18.6. The Morgan fingerprint density at radius 3 is 2.48 bits per heavy atom. The van der Waals surface area contributed by atoms with E-state index in [0.717, 1.165) is 16.5 Å². The first kappa shape index (κ1) is 25.2. The number of nitrogens with zero attached hydrogens (tertiary/aromatic N) is 1. The van der Waals surface area contributed by atoms with Crippen molar-refractivity contribution in [3.63, 3.8) is 0 Å². The molecule has 0 bridgehead atoms. The third-order valence-corrected chi connectivity index (χ3v) is 5.46. The molecule has 0 saturated heterocycles. The van der Waals surface area contributed by atoms with Gasteiger partial charge in [0.15, 0.2) is 6.10 Å². The highest BCUT2D eigenvalue weighted by atomic mass is 35.5. The van der Waals surface area contributed by atoms with Gasteiger partial charge in [-0.15, -0.1) is 0 Å². The number of rotatable bonds is 11. The van der Waals surface area contributed by atoms with Crippen LogP contribution < -0.4 is 9.47 Å². The number of hydrogen-bond acceptors (Lipinski definition) is 5. The smallest absolute Gasteiger partial charge is 0.333 e. The summed E-state index contributed by atoms with van der Waals surface area (Å²) in [7, 11) is 1.90. The van der Waals surface area contributed by atoms with E-state index in [1.54, 1.807) is 38.1 Å². The normalized spacial score (nSPS) is 13.3. The highest BCUT2D eigenvalue weighted by molar-refractivity contribution is 6.35. The molecule has 0 aliphatic heterocycles. The second-order valence-electron chi connectivity index (χ2n) is 8.01. The van der Waals surface area contributed by atoms with E-state index in [1.807, 2.05) is 29.9 Å². The van der Waals surface area contributed by atoms with Crippen molar-refractivity contribution in [3.8, 4) is 11.5 Å². The summed E-state index contributed by atoms with van der Waals surface area (Å²) in [5.74, 6) is -0.0285. The molecule has 1 heterocycles. The average molecular weight is 496 g/mol. The number of carboxylic acid groups (broad SMARTS) is 1. The molecule has 0 aliphatic rings. The molecule has 0 radical (unpaired) electrons. The minimum absolute atomic E-state index is 0.00693. The van der Waals surface area contributed by atoms with Gasteiger partial charge in [0.2, 0.25) is 0 Å². The maximum atomic E-state index is 11.6. The predicted octanol–water partition coefficient (Wildman–Crippen LogP) is 4.72. The van der Waals surface area contributed by atoms with Crippen LogP contribution in [-0.2, 0) is 23.0 Å². The number of benzene rings is 2. The van der Waals surface area contributed by atoms with Crippen LogP contribution in [0.15, 0.2) is 42.6 Å². The maximum Gasteiger partial charge on any atom is 0.333 e. The van der Waals surface area contributed by atoms with Crippen molar-refractivity contribution in [1.29, 1.82) is 0 Å². The Morgan fingerprint density at radius 2 is 1.82 bits per heavy atom. The van der Waals surface area contributed by atoms with Gasteiger partial charge in [-0.3, -0.25) is 0 Å². The number of aromatic nitrogens is 1. The van der Waals surface area contributed by atoms with Gasteiger partial charge in [-0.2, -0.15) is 0 Å². The van der Waals surface area contributed by atoms with Crippen molar-refractivity contribution in [2.24, 2.45) is 7.05 Å². The molecule has 2 atom stereocenters. The van der Waals surface area contributed by atoms with E-state index in [1.165, 1.54) is 0 Å². The van der Waals surface area contributed by atoms with E-state index in [2.05, 4.69) is 0 Å². The maximum absolute atomic E-state index is 11.6. The van der Waals surface area contributed by atoms with Gasteiger partial charge in [0.1, 0.15) is 30.8 Å². The van der Waals surface area contributed by atoms with Crippen molar-refractivity contribution in [3.05, 3.63) is 58.2 Å². The number of hydrogen-bond donors (Lipinski definition) is 2. The molecular formula is C24H27Cl2NO6. The lowest BCUT2D eigenvalue weighted by Gasteiger charge is -2.16. The van der Waals surface area contributed by atoms with Gasteiger partial charge >= 0.3 is 5.97 Å². The van der Waals surface area contributed by atoms with Gasteiger partial charge in [-0.1, -0.05) is 23.2 Å². The van der Waals surface area contributed by atoms with Crippen LogP contribution in [-0.4, -0.2) is 52.3 Å². The van der Waals surface area contributed by atoms with Crippen LogP contribution in [0.4, 0.5) is 0 Å². The quantitative estimate of drug-likeness (QED) is 0.399. The SMILES string of the molecule is CC(C)OC(Cc1cn(C)c2ccc(OCC(O)COc3ccc(Cl)cc3Cl)cc12)C(=O)O. The highest BCUT2D eigenvalue weighted by Crippen LogP contribution is 2.29. The van der Waals surface area contributed by atoms with Crippen LogP contribution in [0, 0.1) is 0 Å². The van der Waals surface area contributed by atoms with Crippen LogP contribution in [0.2, 0.25) is 10.0 Å². The number of ether oxygens (including phenoxy) is 3. The molecule has 2 unspecified atom stereocenters. The van der Waals surface area contributed by atoms with Gasteiger partial charge in [0.05, 0.1) is 11.1 Å². The molecule has 3 rings (SSSR count). The number of halogens is 2. The molecule has 3 aromatic rings. The number of aryl methyl sites for hydroxylation is 1. The van der Waals surface area contributed by atoms with Crippen molar-refractivity contribution < 1.29 is 29.2 Å². The minimum Gasteiger partial charge on any atom is -0.491 e. The summed E-state index contributed by atoms with van der Waals surface area (Å²) < 4.78 is 18.8. The third kappa shape index (κ3) is 6.77. The Bertz CT molecular complexity index is 1110. The third-order valence-electron chi connectivity index (χ3n) is 4.93. The molecule has 7 nitrogen and oxygen atoms in total. The molecule has 0 saturated carbocycles. The molecule has 2 N–H and O–H groups in total. The topological polar surface area (TPSA) is 90.2 Å². The fourth-order valence-corrected chi connectivity index (χ4v) is 3.91. The summed E-state index contributed by atoms with van der Waals surface area (Å²) in [5, 5.41) is 21.5. The number of carboxylic acids is 1. The second-order valence-corrected chi connectivity index (χ2v) is 8.85. The molecule has 9 heteroatoms. The largest absolute Gasteiger partial charge is 0.491 e. The van der Waals surface area contributed by atoms with Gasteiger partial charge in [0, 0.05) is 35.6 Å². The Morgan fingerprint density at radius 1 is 1.09 bits per heavy atom. The van der Waals surface area contributed by atoms with E-state index < -0.39 is 18.2 Å². The number of fused-ring (bicyclic) bond motifs is 1. The summed E-state index contributed by atoms with van der Waals surface area (Å²) in [6, 6.07) is 10.4. The number of aliphatic hydroxyl groups is 1. The lowest BCUT2D eigenvalue weighted by molar-refractivity contribution is -0.153. The molecule has 33 heavy (non-hydrogen) atoms. The molecule has 1 aromatic heterocycles. The zero-order chi connectivity index (χ0) is 24.1. The first-order valence-corrected chi connectivity index (χ1v) is 11.2. The van der Waals surface area contributed by atoms with Crippen molar-refractivity contribution in [1.82, 2.24) is 4.57 Å². The average Bonchev–Trinajstić information content (AvgIpc) is 3.05. The van der Waals surface area contributed by atoms with Gasteiger partial charge in [0.25, 0.3) is 0 Å². The lowest BCUT2D eigenvalue weighted by atomic mass is 10.1. The Balaban J connectivity index is 1.66. The van der Waals surface area contributed by atoms with E-state index in [9.17, 15) is 15.0 Å². The van der Waals surface area contributed by atoms with Crippen molar-refractivity contribution in [2.75, 3.05) is 13.2 Å². The van der Waals surface area contributed by atoms with E-state index >= 15 is 0 Å². The number of carbonyl (C=O) groups is 1. The van der Waals surface area contributed by atoms with Gasteiger partial charge < -0.3 is 29.0 Å². The molecule has 0 aliphatic carbocycles. The zero-order valence-corrected chi connectivity index (χ0v) is 20.1. The standard InChI is InChI=1S/C24H27Cl2NO6/c1-14(2)33-23(24(29)30)8-15-11-27(3)21-6-5-18(10-19(15)21)31-12-17(28)13-32-22-7-4-16(25)9-20(22)26/h4-7,9-11,14,17,23,28H,8,12-13H2,1-3H3,(H,29,30). The summed E-state index contributed by atoms with van der Waals surface area (Å²) >= 11 is 11.9. The highest BCUT2D eigenvalue weighted by Gasteiger charge is 2.22. The fraction of sp³-hybridized carbons (Fsp3) is 0.375. The van der Waals surface area contributed by atoms with Crippen molar-refractivity contribution >= 4 is 40.1 Å². The predicted molar refractivity (Wildman–Crippen MR) is 128 cm³/mol. The monoisotopic (exact) mass is 495 g/mol. The van der Waals surface area contributed by atoms with E-state index in [0.29, 0.717) is 21.5 Å². The van der Waals surface area contributed by atoms with Crippen LogP contribution >= 0.6 is 23.2 Å². The summed E-state index contributed by atoms with van der Waals surface area (Å²) in [5.41, 5.74) is 1.78. The van der Waals surface area contributed by atoms with Crippen LogP contribution in [0.1, 0.15) is 19.4 Å². The van der Waals surface area contributed by atoms with Gasteiger partial charge in [-0.25, -0.2) is 4.79 Å². The number of aliphatic hydroxyl groups excluding tert-OH is 1. The van der Waals surface area contributed by atoms with Crippen molar-refractivity contribution in [2.45, 2.75) is 38.6 Å². The molecule has 0 fully saturated rings. The lowest BCUT2D eigenvalue weighted by Crippen LogP contribution is -2.29. The Hall–Kier alpha value is -2.45. The second kappa shape index (κ2) is 11.1. The Kier molecular flexibility index (Phi) is 8.48. The molecule has 178 valence electrons. The minimum atomic E-state index is -1.00. The fourth-order valence-electron chi connectivity index (χ4n) is 3.45. The summed E-state index contributed by atoms with van der Waals surface area (Å²) in [6.07, 6.45) is 0.0861. The summed E-state index contributed by atoms with van der Waals surface area (Å²) in [6.45, 7) is 3.61. The molecule has 0 spiro atoms. The van der Waals surface area contributed by atoms with Crippen LogP contribution in [0.3, 0.4) is 0 Å². The Labute approximate surface area is 202 Å². The molecule has 0 amide bonds. The summed E-state index contributed by atoms with van der Waals surface area (Å²) in [4.78, 5) is 11.6. The van der Waals surface area contributed by atoms with Gasteiger partial charge in [-0.05, 0) is 55.8 Å². The van der Waals surface area contributed by atoms with E-state index in [4.69, 9.17) is 37.4 Å². The molecular weight excluding hydrogens is 469 g/mol. The first-order valence-electron chi connectivity index (χ1n) is 10.5. The number of aliphatic carboxylic acids is 1. The van der Waals surface area contributed by atoms with E-state index in [-0.39, 0.29) is 25.7 Å².